The molecule has 22 heavy (non-hydrogen) atoms. The van der Waals surface area contributed by atoms with Crippen LogP contribution in [0.5, 0.6) is 5.88 Å². The van der Waals surface area contributed by atoms with Crippen molar-refractivity contribution in [2.75, 3.05) is 6.61 Å². The summed E-state index contributed by atoms with van der Waals surface area (Å²) in [7, 11) is 1.83. The first-order valence-corrected chi connectivity index (χ1v) is 7.54. The molecule has 116 valence electrons. The summed E-state index contributed by atoms with van der Waals surface area (Å²) in [4.78, 5) is 16.2. The smallest absolute Gasteiger partial charge is 0.253 e. The van der Waals surface area contributed by atoms with E-state index >= 15 is 0 Å². The van der Waals surface area contributed by atoms with Gasteiger partial charge in [-0.2, -0.15) is 5.10 Å². The maximum Gasteiger partial charge on any atom is 0.253 e. The van der Waals surface area contributed by atoms with Gasteiger partial charge in [0.05, 0.1) is 24.4 Å². The van der Waals surface area contributed by atoms with Gasteiger partial charge in [-0.25, -0.2) is 4.98 Å². The Hall–Kier alpha value is -2.08. The van der Waals surface area contributed by atoms with E-state index in [1.54, 1.807) is 16.9 Å². The molecular weight excluding hydrogens is 304 g/mol. The van der Waals surface area contributed by atoms with Gasteiger partial charge in [-0.3, -0.25) is 9.48 Å². The molecule has 1 aliphatic carbocycles. The third-order valence-electron chi connectivity index (χ3n) is 3.57. The van der Waals surface area contributed by atoms with Gasteiger partial charge in [0.15, 0.2) is 0 Å². The normalized spacial score (nSPS) is 13.9. The highest BCUT2D eigenvalue weighted by Gasteiger charge is 2.22. The van der Waals surface area contributed by atoms with E-state index in [0.717, 1.165) is 5.69 Å². The van der Waals surface area contributed by atoms with Gasteiger partial charge >= 0.3 is 0 Å². The van der Waals surface area contributed by atoms with Crippen LogP contribution < -0.4 is 10.1 Å². The molecule has 1 saturated carbocycles. The van der Waals surface area contributed by atoms with Gasteiger partial charge in [0.1, 0.15) is 5.02 Å². The Morgan fingerprint density at radius 1 is 1.55 bits per heavy atom. The number of amides is 1. The van der Waals surface area contributed by atoms with Crippen LogP contribution in [-0.4, -0.2) is 27.3 Å². The molecule has 2 aromatic rings. The van der Waals surface area contributed by atoms with E-state index < -0.39 is 0 Å². The molecule has 6 nitrogen and oxygen atoms in total. The second-order valence-electron chi connectivity index (χ2n) is 5.39. The highest BCUT2D eigenvalue weighted by molar-refractivity contribution is 6.32. The molecule has 0 spiro atoms. The lowest BCUT2D eigenvalue weighted by Crippen LogP contribution is -2.24. The first kappa shape index (κ1) is 14.8. The summed E-state index contributed by atoms with van der Waals surface area (Å²) in [5.74, 6) is 0.779. The third-order valence-corrected chi connectivity index (χ3v) is 3.85. The molecule has 2 aromatic heterocycles. The number of aromatic nitrogens is 3. The standard InChI is InChI=1S/C15H17ClN4O2/c1-20-12(4-5-19-20)8-17-14(21)11-6-13(16)15(18-7-11)22-9-10-2-3-10/h4-7,10H,2-3,8-9H2,1H3,(H,17,21). The van der Waals surface area contributed by atoms with Gasteiger partial charge < -0.3 is 10.1 Å². The zero-order chi connectivity index (χ0) is 15.5. The minimum absolute atomic E-state index is 0.232. The fourth-order valence-electron chi connectivity index (χ4n) is 1.98. The number of hydrogen-bond donors (Lipinski definition) is 1. The molecule has 1 N–H and O–H groups in total. The number of nitrogens with zero attached hydrogens (tertiary/aromatic N) is 3. The van der Waals surface area contributed by atoms with E-state index in [1.165, 1.54) is 19.0 Å². The molecular formula is C15H17ClN4O2. The molecule has 0 aromatic carbocycles. The van der Waals surface area contributed by atoms with E-state index in [-0.39, 0.29) is 5.91 Å². The molecule has 1 amide bonds. The van der Waals surface area contributed by atoms with E-state index in [4.69, 9.17) is 16.3 Å². The summed E-state index contributed by atoms with van der Waals surface area (Å²) in [6.45, 7) is 1.03. The molecule has 0 unspecified atom stereocenters. The van der Waals surface area contributed by atoms with Crippen LogP contribution in [0, 0.1) is 5.92 Å². The molecule has 3 rings (SSSR count). The number of ether oxygens (including phenoxy) is 1. The van der Waals surface area contributed by atoms with Crippen molar-refractivity contribution < 1.29 is 9.53 Å². The highest BCUT2D eigenvalue weighted by Crippen LogP contribution is 2.30. The summed E-state index contributed by atoms with van der Waals surface area (Å²) >= 11 is 6.12. The number of pyridine rings is 1. The fraction of sp³-hybridized carbons (Fsp3) is 0.400. The third kappa shape index (κ3) is 3.57. The Balaban J connectivity index is 1.59. The molecule has 0 atom stereocenters. The number of rotatable bonds is 6. The van der Waals surface area contributed by atoms with Crippen LogP contribution in [0.1, 0.15) is 28.9 Å². The Morgan fingerprint density at radius 2 is 2.36 bits per heavy atom. The van der Waals surface area contributed by atoms with Gasteiger partial charge in [0, 0.05) is 19.4 Å². The fourth-order valence-corrected chi connectivity index (χ4v) is 2.21. The van der Waals surface area contributed by atoms with E-state index in [1.807, 2.05) is 13.1 Å². The Bertz CT molecular complexity index is 682. The van der Waals surface area contributed by atoms with Gasteiger partial charge in [-0.05, 0) is 30.9 Å². The SMILES string of the molecule is Cn1nccc1CNC(=O)c1cnc(OCC2CC2)c(Cl)c1. The number of aryl methyl sites for hydroxylation is 1. The van der Waals surface area contributed by atoms with Gasteiger partial charge in [-0.15, -0.1) is 0 Å². The van der Waals surface area contributed by atoms with Crippen molar-refractivity contribution in [1.29, 1.82) is 0 Å². The molecule has 1 aliphatic rings. The van der Waals surface area contributed by atoms with Crippen LogP contribution in [-0.2, 0) is 13.6 Å². The largest absolute Gasteiger partial charge is 0.476 e. The summed E-state index contributed by atoms with van der Waals surface area (Å²) in [5, 5.41) is 7.21. The summed E-state index contributed by atoms with van der Waals surface area (Å²) in [5.41, 5.74) is 1.32. The molecule has 0 radical (unpaired) electrons. The number of nitrogens with one attached hydrogen (secondary N) is 1. The zero-order valence-electron chi connectivity index (χ0n) is 12.3. The maximum absolute atomic E-state index is 12.1. The summed E-state index contributed by atoms with van der Waals surface area (Å²) in [6.07, 6.45) is 5.57. The lowest BCUT2D eigenvalue weighted by molar-refractivity contribution is 0.0949. The van der Waals surface area contributed by atoms with Crippen LogP contribution in [0.25, 0.3) is 0 Å². The van der Waals surface area contributed by atoms with Crippen LogP contribution in [0.15, 0.2) is 24.5 Å². The minimum Gasteiger partial charge on any atom is -0.476 e. The van der Waals surface area contributed by atoms with Crippen molar-refractivity contribution in [3.05, 3.63) is 40.8 Å². The number of carbonyl (C=O) groups is 1. The number of carbonyl (C=O) groups excluding carboxylic acids is 1. The van der Waals surface area contributed by atoms with Crippen LogP contribution >= 0.6 is 11.6 Å². The van der Waals surface area contributed by atoms with E-state index in [2.05, 4.69) is 15.4 Å². The molecule has 1 fully saturated rings. The lowest BCUT2D eigenvalue weighted by Gasteiger charge is -2.09. The zero-order valence-corrected chi connectivity index (χ0v) is 13.0. The van der Waals surface area contributed by atoms with E-state index in [9.17, 15) is 4.79 Å². The van der Waals surface area contributed by atoms with Crippen molar-refractivity contribution in [3.8, 4) is 5.88 Å². The first-order valence-electron chi connectivity index (χ1n) is 7.17. The summed E-state index contributed by atoms with van der Waals surface area (Å²) < 4.78 is 7.25. The molecule has 0 saturated heterocycles. The van der Waals surface area contributed by atoms with E-state index in [0.29, 0.717) is 35.5 Å². The van der Waals surface area contributed by atoms with Crippen LogP contribution in [0.2, 0.25) is 5.02 Å². The van der Waals surface area contributed by atoms with Crippen molar-refractivity contribution in [2.24, 2.45) is 13.0 Å². The second kappa shape index (κ2) is 6.36. The second-order valence-corrected chi connectivity index (χ2v) is 5.80. The highest BCUT2D eigenvalue weighted by atomic mass is 35.5. The average molecular weight is 321 g/mol. The van der Waals surface area contributed by atoms with Crippen LogP contribution in [0.3, 0.4) is 0 Å². The Morgan fingerprint density at radius 3 is 3.00 bits per heavy atom. The number of hydrogen-bond acceptors (Lipinski definition) is 4. The predicted octanol–water partition coefficient (Wildman–Crippen LogP) is 2.19. The average Bonchev–Trinajstić information content (AvgIpc) is 3.25. The topological polar surface area (TPSA) is 69.0 Å². The van der Waals surface area contributed by atoms with Crippen LogP contribution in [0.4, 0.5) is 0 Å². The molecule has 0 bridgehead atoms. The monoisotopic (exact) mass is 320 g/mol. The summed E-state index contributed by atoms with van der Waals surface area (Å²) in [6, 6.07) is 3.43. The Kier molecular flexibility index (Phi) is 4.29. The van der Waals surface area contributed by atoms with Gasteiger partial charge in [-0.1, -0.05) is 11.6 Å². The first-order chi connectivity index (χ1) is 10.6. The van der Waals surface area contributed by atoms with Crippen molar-refractivity contribution >= 4 is 17.5 Å². The molecule has 7 heteroatoms. The lowest BCUT2D eigenvalue weighted by atomic mass is 10.2. The van der Waals surface area contributed by atoms with Crippen molar-refractivity contribution in [1.82, 2.24) is 20.1 Å². The van der Waals surface area contributed by atoms with Crippen molar-refractivity contribution in [3.63, 3.8) is 0 Å². The number of halogens is 1. The molecule has 2 heterocycles. The van der Waals surface area contributed by atoms with Gasteiger partial charge in [0.25, 0.3) is 5.91 Å². The van der Waals surface area contributed by atoms with Crippen molar-refractivity contribution in [2.45, 2.75) is 19.4 Å². The molecule has 0 aliphatic heterocycles. The quantitative estimate of drug-likeness (QED) is 0.885. The van der Waals surface area contributed by atoms with Gasteiger partial charge in [0.2, 0.25) is 5.88 Å². The maximum atomic E-state index is 12.1. The predicted molar refractivity (Wildman–Crippen MR) is 81.8 cm³/mol. The Labute approximate surface area is 133 Å². The minimum atomic E-state index is -0.232.